The minimum Gasteiger partial charge on any atom is -0.494 e. The average molecular weight is 253 g/mol. The molecule has 0 spiro atoms. The number of rotatable bonds is 9. The highest BCUT2D eigenvalue weighted by atomic mass is 16.5. The van der Waals surface area contributed by atoms with E-state index in [0.29, 0.717) is 6.61 Å². The van der Waals surface area contributed by atoms with Crippen LogP contribution < -0.4 is 10.1 Å². The van der Waals surface area contributed by atoms with Crippen LogP contribution in [0.15, 0.2) is 24.3 Å². The highest BCUT2D eigenvalue weighted by Gasteiger charge is 2.05. The SMILES string of the molecule is CCCNC(CO)CCOc1ccc(CO)cc1. The van der Waals surface area contributed by atoms with Crippen molar-refractivity contribution in [3.8, 4) is 5.75 Å². The molecule has 0 saturated carbocycles. The largest absolute Gasteiger partial charge is 0.494 e. The van der Waals surface area contributed by atoms with Crippen LogP contribution in [0.3, 0.4) is 0 Å². The first-order valence-electron chi connectivity index (χ1n) is 6.47. The fourth-order valence-electron chi connectivity index (χ4n) is 1.62. The molecule has 0 aliphatic heterocycles. The fraction of sp³-hybridized carbons (Fsp3) is 0.571. The van der Waals surface area contributed by atoms with Gasteiger partial charge >= 0.3 is 0 Å². The molecule has 0 fully saturated rings. The zero-order valence-electron chi connectivity index (χ0n) is 10.9. The van der Waals surface area contributed by atoms with Gasteiger partial charge in [-0.1, -0.05) is 19.1 Å². The number of nitrogens with one attached hydrogen (secondary N) is 1. The summed E-state index contributed by atoms with van der Waals surface area (Å²) < 4.78 is 5.59. The molecule has 1 rings (SSSR count). The lowest BCUT2D eigenvalue weighted by Crippen LogP contribution is -2.34. The van der Waals surface area contributed by atoms with Gasteiger partial charge < -0.3 is 20.3 Å². The number of ether oxygens (including phenoxy) is 1. The van der Waals surface area contributed by atoms with E-state index in [-0.39, 0.29) is 19.3 Å². The summed E-state index contributed by atoms with van der Waals surface area (Å²) in [5, 5.41) is 21.3. The van der Waals surface area contributed by atoms with E-state index in [0.717, 1.165) is 30.7 Å². The van der Waals surface area contributed by atoms with Gasteiger partial charge in [-0.25, -0.2) is 0 Å². The summed E-state index contributed by atoms with van der Waals surface area (Å²) in [6.45, 7) is 3.76. The van der Waals surface area contributed by atoms with Crippen molar-refractivity contribution < 1.29 is 14.9 Å². The van der Waals surface area contributed by atoms with Crippen LogP contribution in [-0.2, 0) is 6.61 Å². The van der Waals surface area contributed by atoms with Crippen LogP contribution in [0, 0.1) is 0 Å². The Morgan fingerprint density at radius 3 is 2.50 bits per heavy atom. The summed E-state index contributed by atoms with van der Waals surface area (Å²) in [7, 11) is 0. The Balaban J connectivity index is 2.26. The highest BCUT2D eigenvalue weighted by molar-refractivity contribution is 5.26. The van der Waals surface area contributed by atoms with Crippen LogP contribution in [0.25, 0.3) is 0 Å². The lowest BCUT2D eigenvalue weighted by molar-refractivity contribution is 0.209. The molecule has 1 aromatic carbocycles. The molecule has 0 aliphatic rings. The van der Waals surface area contributed by atoms with Crippen LogP contribution in [0.5, 0.6) is 5.75 Å². The summed E-state index contributed by atoms with van der Waals surface area (Å²) in [4.78, 5) is 0. The topological polar surface area (TPSA) is 61.7 Å². The van der Waals surface area contributed by atoms with Crippen molar-refractivity contribution in [3.05, 3.63) is 29.8 Å². The van der Waals surface area contributed by atoms with Gasteiger partial charge in [0.2, 0.25) is 0 Å². The van der Waals surface area contributed by atoms with Gasteiger partial charge in [0.05, 0.1) is 19.8 Å². The second kappa shape index (κ2) is 8.91. The highest BCUT2D eigenvalue weighted by Crippen LogP contribution is 2.12. The number of benzene rings is 1. The maximum atomic E-state index is 9.17. The molecule has 4 nitrogen and oxygen atoms in total. The molecule has 0 saturated heterocycles. The molecular weight excluding hydrogens is 230 g/mol. The van der Waals surface area contributed by atoms with Gasteiger partial charge in [0, 0.05) is 6.04 Å². The fourth-order valence-corrected chi connectivity index (χ4v) is 1.62. The van der Waals surface area contributed by atoms with Crippen molar-refractivity contribution in [1.82, 2.24) is 5.32 Å². The molecule has 1 unspecified atom stereocenters. The molecule has 1 aromatic rings. The number of aliphatic hydroxyl groups excluding tert-OH is 2. The smallest absolute Gasteiger partial charge is 0.119 e. The first-order chi connectivity index (χ1) is 8.80. The van der Waals surface area contributed by atoms with Crippen molar-refractivity contribution in [2.45, 2.75) is 32.4 Å². The van der Waals surface area contributed by atoms with Crippen LogP contribution >= 0.6 is 0 Å². The maximum absolute atomic E-state index is 9.17. The van der Waals surface area contributed by atoms with Crippen molar-refractivity contribution in [3.63, 3.8) is 0 Å². The van der Waals surface area contributed by atoms with Gasteiger partial charge in [-0.3, -0.25) is 0 Å². The van der Waals surface area contributed by atoms with Crippen LogP contribution in [0.2, 0.25) is 0 Å². The van der Waals surface area contributed by atoms with E-state index in [1.807, 2.05) is 24.3 Å². The molecule has 0 heterocycles. The molecule has 0 aliphatic carbocycles. The van der Waals surface area contributed by atoms with Crippen molar-refractivity contribution in [1.29, 1.82) is 0 Å². The molecule has 0 radical (unpaired) electrons. The second-order valence-electron chi connectivity index (χ2n) is 4.27. The molecule has 4 heteroatoms. The number of aliphatic hydroxyl groups is 2. The van der Waals surface area contributed by atoms with Gasteiger partial charge in [-0.05, 0) is 37.1 Å². The van der Waals surface area contributed by atoms with Crippen molar-refractivity contribution in [2.75, 3.05) is 19.8 Å². The minimum absolute atomic E-state index is 0.0494. The molecule has 3 N–H and O–H groups in total. The van der Waals surface area contributed by atoms with Crippen LogP contribution in [0.1, 0.15) is 25.3 Å². The summed E-state index contributed by atoms with van der Waals surface area (Å²) in [5.74, 6) is 0.791. The first kappa shape index (κ1) is 15.0. The van der Waals surface area contributed by atoms with E-state index < -0.39 is 0 Å². The van der Waals surface area contributed by atoms with E-state index in [9.17, 15) is 5.11 Å². The van der Waals surface area contributed by atoms with Gasteiger partial charge in [0.1, 0.15) is 5.75 Å². The molecule has 102 valence electrons. The van der Waals surface area contributed by atoms with E-state index in [1.54, 1.807) is 0 Å². The Hall–Kier alpha value is -1.10. The molecular formula is C14H23NO3. The van der Waals surface area contributed by atoms with Crippen molar-refractivity contribution >= 4 is 0 Å². The Kier molecular flexibility index (Phi) is 7.41. The van der Waals surface area contributed by atoms with Crippen LogP contribution in [-0.4, -0.2) is 36.0 Å². The summed E-state index contributed by atoms with van der Waals surface area (Å²) in [6, 6.07) is 7.47. The third kappa shape index (κ3) is 5.49. The monoisotopic (exact) mass is 253 g/mol. The first-order valence-corrected chi connectivity index (χ1v) is 6.47. The normalized spacial score (nSPS) is 12.4. The zero-order chi connectivity index (χ0) is 13.2. The van der Waals surface area contributed by atoms with Gasteiger partial charge in [0.15, 0.2) is 0 Å². The summed E-state index contributed by atoms with van der Waals surface area (Å²) in [5.41, 5.74) is 0.875. The third-order valence-corrected chi connectivity index (χ3v) is 2.74. The number of hydrogen-bond donors (Lipinski definition) is 3. The van der Waals surface area contributed by atoms with Crippen molar-refractivity contribution in [2.24, 2.45) is 0 Å². The second-order valence-corrected chi connectivity index (χ2v) is 4.27. The third-order valence-electron chi connectivity index (χ3n) is 2.74. The van der Waals surface area contributed by atoms with Crippen LogP contribution in [0.4, 0.5) is 0 Å². The Morgan fingerprint density at radius 2 is 1.94 bits per heavy atom. The molecule has 0 bridgehead atoms. The predicted molar refractivity (Wildman–Crippen MR) is 71.6 cm³/mol. The zero-order valence-corrected chi connectivity index (χ0v) is 10.9. The minimum atomic E-state index is 0.0494. The Bertz CT molecular complexity index is 313. The number of hydrogen-bond acceptors (Lipinski definition) is 4. The lowest BCUT2D eigenvalue weighted by Gasteiger charge is -2.16. The standard InChI is InChI=1S/C14H23NO3/c1-2-8-15-13(11-17)7-9-18-14-5-3-12(10-16)4-6-14/h3-6,13,15-17H,2,7-11H2,1H3. The van der Waals surface area contributed by atoms with E-state index in [4.69, 9.17) is 9.84 Å². The lowest BCUT2D eigenvalue weighted by atomic mass is 10.2. The maximum Gasteiger partial charge on any atom is 0.119 e. The molecule has 0 amide bonds. The Labute approximate surface area is 109 Å². The van der Waals surface area contributed by atoms with Gasteiger partial charge in [0.25, 0.3) is 0 Å². The molecule has 1 atom stereocenters. The van der Waals surface area contributed by atoms with E-state index in [1.165, 1.54) is 0 Å². The molecule has 18 heavy (non-hydrogen) atoms. The van der Waals surface area contributed by atoms with Gasteiger partial charge in [-0.2, -0.15) is 0 Å². The van der Waals surface area contributed by atoms with E-state index >= 15 is 0 Å². The van der Waals surface area contributed by atoms with E-state index in [2.05, 4.69) is 12.2 Å². The quantitative estimate of drug-likeness (QED) is 0.621. The Morgan fingerprint density at radius 1 is 1.22 bits per heavy atom. The van der Waals surface area contributed by atoms with Gasteiger partial charge in [-0.15, -0.1) is 0 Å². The molecule has 0 aromatic heterocycles. The summed E-state index contributed by atoms with van der Waals surface area (Å²) in [6.07, 6.45) is 1.83. The summed E-state index contributed by atoms with van der Waals surface area (Å²) >= 11 is 0. The average Bonchev–Trinajstić information content (AvgIpc) is 2.43. The predicted octanol–water partition coefficient (Wildman–Crippen LogP) is 1.31.